The van der Waals surface area contributed by atoms with Gasteiger partial charge in [-0.15, -0.1) is 0 Å². The van der Waals surface area contributed by atoms with E-state index in [-0.39, 0.29) is 11.8 Å². The van der Waals surface area contributed by atoms with Crippen LogP contribution in [0.1, 0.15) is 23.0 Å². The molecule has 0 aliphatic carbocycles. The van der Waals surface area contributed by atoms with Crippen LogP contribution in [0, 0.1) is 6.92 Å². The highest BCUT2D eigenvalue weighted by Crippen LogP contribution is 2.19. The summed E-state index contributed by atoms with van der Waals surface area (Å²) in [5.41, 5.74) is 2.45. The van der Waals surface area contributed by atoms with Crippen LogP contribution in [0.2, 0.25) is 0 Å². The van der Waals surface area contributed by atoms with Crippen molar-refractivity contribution in [3.63, 3.8) is 0 Å². The molecule has 0 atom stereocenters. The average molecular weight is 329 g/mol. The maximum Gasteiger partial charge on any atom is 0.275 e. The monoisotopic (exact) mass is 329 g/mol. The van der Waals surface area contributed by atoms with Crippen LogP contribution >= 0.6 is 0 Å². The average Bonchev–Trinajstić information content (AvgIpc) is 2.98. The summed E-state index contributed by atoms with van der Waals surface area (Å²) in [7, 11) is 0. The number of carbonyl (C=O) groups is 2. The Morgan fingerprint density at radius 1 is 1.25 bits per heavy atom. The van der Waals surface area contributed by atoms with Crippen molar-refractivity contribution >= 4 is 22.7 Å². The second-order valence-corrected chi connectivity index (χ2v) is 6.14. The Labute approximate surface area is 141 Å². The van der Waals surface area contributed by atoms with Gasteiger partial charge in [0.15, 0.2) is 5.69 Å². The van der Waals surface area contributed by atoms with Gasteiger partial charge in [0.2, 0.25) is 5.91 Å². The smallest absolute Gasteiger partial charge is 0.275 e. The lowest BCUT2D eigenvalue weighted by atomic mass is 10.1. The molecule has 24 heavy (non-hydrogen) atoms. The van der Waals surface area contributed by atoms with Gasteiger partial charge >= 0.3 is 0 Å². The van der Waals surface area contributed by atoms with Crippen LogP contribution in [-0.2, 0) is 4.79 Å². The number of carbonyl (C=O) groups excluding carboxylic acids is 2. The van der Waals surface area contributed by atoms with Gasteiger partial charge in [-0.3, -0.25) is 19.6 Å². The van der Waals surface area contributed by atoms with E-state index < -0.39 is 0 Å². The zero-order valence-electron chi connectivity index (χ0n) is 14.1. The Kier molecular flexibility index (Phi) is 4.80. The normalized spacial score (nSPS) is 15.7. The summed E-state index contributed by atoms with van der Waals surface area (Å²) in [6.45, 7) is 7.56. The Balaban J connectivity index is 1.64. The number of benzene rings is 1. The van der Waals surface area contributed by atoms with Crippen LogP contribution in [0.25, 0.3) is 10.9 Å². The highest BCUT2D eigenvalue weighted by Gasteiger charge is 2.25. The summed E-state index contributed by atoms with van der Waals surface area (Å²) in [6.07, 6.45) is 0. The van der Waals surface area contributed by atoms with Crippen molar-refractivity contribution in [1.82, 2.24) is 25.3 Å². The Morgan fingerprint density at radius 3 is 2.71 bits per heavy atom. The van der Waals surface area contributed by atoms with E-state index in [1.54, 1.807) is 0 Å². The second kappa shape index (κ2) is 7.00. The minimum absolute atomic E-state index is 0.0334. The van der Waals surface area contributed by atoms with Crippen LogP contribution in [0.5, 0.6) is 0 Å². The van der Waals surface area contributed by atoms with Gasteiger partial charge < -0.3 is 10.2 Å². The molecule has 1 aromatic heterocycles. The first-order valence-electron chi connectivity index (χ1n) is 8.31. The lowest BCUT2D eigenvalue weighted by Gasteiger charge is -2.34. The van der Waals surface area contributed by atoms with Crippen LogP contribution in [0.15, 0.2) is 18.2 Å². The van der Waals surface area contributed by atoms with Gasteiger partial charge in [0.25, 0.3) is 5.91 Å². The number of piperazine rings is 1. The molecule has 128 valence electrons. The van der Waals surface area contributed by atoms with Crippen molar-refractivity contribution < 1.29 is 9.59 Å². The third-order valence-corrected chi connectivity index (χ3v) is 4.32. The van der Waals surface area contributed by atoms with Crippen LogP contribution in [0.4, 0.5) is 0 Å². The molecule has 0 unspecified atom stereocenters. The van der Waals surface area contributed by atoms with Gasteiger partial charge in [-0.05, 0) is 26.0 Å². The molecule has 0 saturated carbocycles. The third-order valence-electron chi connectivity index (χ3n) is 4.32. The van der Waals surface area contributed by atoms with E-state index in [0.717, 1.165) is 16.5 Å². The van der Waals surface area contributed by atoms with Gasteiger partial charge in [0.05, 0.1) is 12.1 Å². The molecule has 7 nitrogen and oxygen atoms in total. The lowest BCUT2D eigenvalue weighted by molar-refractivity contribution is -0.122. The summed E-state index contributed by atoms with van der Waals surface area (Å²) in [4.78, 5) is 28.3. The first-order chi connectivity index (χ1) is 11.6. The molecule has 1 aromatic carbocycles. The molecule has 0 radical (unpaired) electrons. The molecular formula is C17H23N5O2. The molecule has 3 rings (SSSR count). The van der Waals surface area contributed by atoms with Gasteiger partial charge in [-0.1, -0.05) is 11.6 Å². The standard InChI is InChI=1S/C17H23N5O2/c1-3-18-15(23)11-21-6-8-22(9-7-21)17(24)16-13-10-12(2)4-5-14(13)19-20-16/h4-5,10H,3,6-9,11H2,1-2H3,(H,18,23)(H,19,20). The number of nitrogens with zero attached hydrogens (tertiary/aromatic N) is 3. The predicted octanol–water partition coefficient (Wildman–Crippen LogP) is 0.765. The zero-order valence-corrected chi connectivity index (χ0v) is 14.1. The molecule has 2 aromatic rings. The number of amides is 2. The molecule has 1 aliphatic heterocycles. The quantitative estimate of drug-likeness (QED) is 0.868. The van der Waals surface area contributed by atoms with E-state index in [0.29, 0.717) is 45.0 Å². The summed E-state index contributed by atoms with van der Waals surface area (Å²) >= 11 is 0. The number of hydrogen-bond donors (Lipinski definition) is 2. The fourth-order valence-electron chi connectivity index (χ4n) is 3.01. The molecule has 1 saturated heterocycles. The number of fused-ring (bicyclic) bond motifs is 1. The summed E-state index contributed by atoms with van der Waals surface area (Å²) in [6, 6.07) is 5.92. The number of rotatable bonds is 4. The molecule has 1 fully saturated rings. The van der Waals surface area contributed by atoms with Gasteiger partial charge in [0.1, 0.15) is 0 Å². The number of hydrogen-bond acceptors (Lipinski definition) is 4. The van der Waals surface area contributed by atoms with Crippen molar-refractivity contribution in [2.45, 2.75) is 13.8 Å². The van der Waals surface area contributed by atoms with E-state index in [2.05, 4.69) is 20.4 Å². The van der Waals surface area contributed by atoms with Crippen LogP contribution < -0.4 is 5.32 Å². The Morgan fingerprint density at radius 2 is 2.00 bits per heavy atom. The molecule has 2 amide bonds. The molecule has 0 bridgehead atoms. The van der Waals surface area contributed by atoms with Crippen molar-refractivity contribution in [2.24, 2.45) is 0 Å². The second-order valence-electron chi connectivity index (χ2n) is 6.14. The molecule has 7 heteroatoms. The maximum absolute atomic E-state index is 12.8. The van der Waals surface area contributed by atoms with E-state index >= 15 is 0 Å². The highest BCUT2D eigenvalue weighted by molar-refractivity contribution is 6.04. The van der Waals surface area contributed by atoms with E-state index in [9.17, 15) is 9.59 Å². The molecule has 0 spiro atoms. The number of likely N-dealkylation sites (N-methyl/N-ethyl adjacent to an activating group) is 1. The van der Waals surface area contributed by atoms with Gasteiger partial charge in [0, 0.05) is 38.1 Å². The van der Waals surface area contributed by atoms with E-state index in [4.69, 9.17) is 0 Å². The lowest BCUT2D eigenvalue weighted by Crippen LogP contribution is -2.51. The first-order valence-corrected chi connectivity index (χ1v) is 8.31. The molecule has 2 heterocycles. The van der Waals surface area contributed by atoms with Crippen molar-refractivity contribution in [3.05, 3.63) is 29.5 Å². The number of aromatic nitrogens is 2. The Bertz CT molecular complexity index is 747. The highest BCUT2D eigenvalue weighted by atomic mass is 16.2. The third kappa shape index (κ3) is 3.41. The number of H-pyrrole nitrogens is 1. The number of aryl methyl sites for hydroxylation is 1. The summed E-state index contributed by atoms with van der Waals surface area (Å²) in [5, 5.41) is 10.8. The van der Waals surface area contributed by atoms with Crippen molar-refractivity contribution in [3.8, 4) is 0 Å². The minimum Gasteiger partial charge on any atom is -0.355 e. The Hall–Kier alpha value is -2.41. The van der Waals surface area contributed by atoms with Crippen molar-refractivity contribution in [2.75, 3.05) is 39.3 Å². The summed E-state index contributed by atoms with van der Waals surface area (Å²) in [5.74, 6) is -0.0180. The minimum atomic E-state index is -0.0514. The zero-order chi connectivity index (χ0) is 17.1. The van der Waals surface area contributed by atoms with Gasteiger partial charge in [-0.2, -0.15) is 5.10 Å². The number of nitrogens with one attached hydrogen (secondary N) is 2. The molecule has 1 aliphatic rings. The molecular weight excluding hydrogens is 306 g/mol. The van der Waals surface area contributed by atoms with E-state index in [1.165, 1.54) is 0 Å². The fourth-order valence-corrected chi connectivity index (χ4v) is 3.01. The van der Waals surface area contributed by atoms with Crippen LogP contribution in [-0.4, -0.2) is 71.1 Å². The fraction of sp³-hybridized carbons (Fsp3) is 0.471. The predicted molar refractivity (Wildman–Crippen MR) is 91.9 cm³/mol. The number of aromatic amines is 1. The first kappa shape index (κ1) is 16.4. The summed E-state index contributed by atoms with van der Waals surface area (Å²) < 4.78 is 0. The largest absolute Gasteiger partial charge is 0.355 e. The van der Waals surface area contributed by atoms with Crippen molar-refractivity contribution in [1.29, 1.82) is 0 Å². The maximum atomic E-state index is 12.8. The topological polar surface area (TPSA) is 81.3 Å². The SMILES string of the molecule is CCNC(=O)CN1CCN(C(=O)c2n[nH]c3ccc(C)cc23)CC1. The molecule has 2 N–H and O–H groups in total. The van der Waals surface area contributed by atoms with Crippen LogP contribution in [0.3, 0.4) is 0 Å². The van der Waals surface area contributed by atoms with E-state index in [1.807, 2.05) is 36.9 Å². The van der Waals surface area contributed by atoms with Gasteiger partial charge in [-0.25, -0.2) is 0 Å².